The fourth-order valence-electron chi connectivity index (χ4n) is 1.56. The average Bonchev–Trinajstić information content (AvgIpc) is 2.46. The first-order valence-corrected chi connectivity index (χ1v) is 5.62. The molecule has 108 valence electrons. The van der Waals surface area contributed by atoms with Crippen LogP contribution in [0.2, 0.25) is 0 Å². The molecule has 2 aromatic rings. The third-order valence-corrected chi connectivity index (χ3v) is 2.51. The van der Waals surface area contributed by atoms with Gasteiger partial charge in [0.1, 0.15) is 11.9 Å². The van der Waals surface area contributed by atoms with Crippen LogP contribution in [0.3, 0.4) is 0 Å². The molecule has 6 nitrogen and oxygen atoms in total. The molecule has 21 heavy (non-hydrogen) atoms. The summed E-state index contributed by atoms with van der Waals surface area (Å²) < 4.78 is 37.8. The minimum absolute atomic E-state index is 0.130. The van der Waals surface area contributed by atoms with Crippen molar-refractivity contribution in [3.05, 3.63) is 41.6 Å². The normalized spacial score (nSPS) is 10.8. The Balaban J connectivity index is 2.34. The Hall–Kier alpha value is -2.86. The Kier molecular flexibility index (Phi) is 3.91. The van der Waals surface area contributed by atoms with Gasteiger partial charge in [-0.25, -0.2) is 10.8 Å². The van der Waals surface area contributed by atoms with Gasteiger partial charge < -0.3 is 5.32 Å². The van der Waals surface area contributed by atoms with Gasteiger partial charge in [-0.05, 0) is 24.3 Å². The van der Waals surface area contributed by atoms with Gasteiger partial charge in [-0.15, -0.1) is 0 Å². The van der Waals surface area contributed by atoms with E-state index < -0.39 is 11.7 Å². The van der Waals surface area contributed by atoms with Gasteiger partial charge in [0.05, 0.1) is 16.8 Å². The van der Waals surface area contributed by atoms with Crippen LogP contribution in [0, 0.1) is 11.3 Å². The zero-order valence-corrected chi connectivity index (χ0v) is 10.4. The number of halogens is 3. The number of aromatic nitrogens is 2. The molecule has 0 atom stereocenters. The van der Waals surface area contributed by atoms with Gasteiger partial charge in [-0.2, -0.15) is 23.4 Å². The van der Waals surface area contributed by atoms with Crippen LogP contribution in [-0.4, -0.2) is 9.97 Å². The third kappa shape index (κ3) is 3.37. The number of nitrogen functional groups attached to an aromatic ring is 1. The summed E-state index contributed by atoms with van der Waals surface area (Å²) >= 11 is 0. The maximum atomic E-state index is 12.6. The molecule has 0 saturated carbocycles. The van der Waals surface area contributed by atoms with Crippen LogP contribution in [0.1, 0.15) is 11.1 Å². The molecule has 0 saturated heterocycles. The Morgan fingerprint density at radius 2 is 2.00 bits per heavy atom. The standard InChI is InChI=1S/C12H9F3N6/c13-12(14,15)8-1-2-9(7(5-8)6-16)19-10-3-4-18-11(20-10)21-17/h1-5H,17H2,(H2,18,19,20,21). The van der Waals surface area contributed by atoms with E-state index >= 15 is 0 Å². The van der Waals surface area contributed by atoms with E-state index in [4.69, 9.17) is 11.1 Å². The monoisotopic (exact) mass is 294 g/mol. The molecule has 0 aliphatic rings. The lowest BCUT2D eigenvalue weighted by Crippen LogP contribution is -2.11. The number of hydrazine groups is 1. The van der Waals surface area contributed by atoms with Crippen molar-refractivity contribution < 1.29 is 13.2 Å². The summed E-state index contributed by atoms with van der Waals surface area (Å²) in [6.07, 6.45) is -3.10. The van der Waals surface area contributed by atoms with E-state index in [0.717, 1.165) is 12.1 Å². The van der Waals surface area contributed by atoms with Crippen molar-refractivity contribution in [2.75, 3.05) is 10.7 Å². The highest BCUT2D eigenvalue weighted by molar-refractivity contribution is 5.65. The summed E-state index contributed by atoms with van der Waals surface area (Å²) in [5, 5.41) is 11.7. The number of nitrogens with one attached hydrogen (secondary N) is 2. The van der Waals surface area contributed by atoms with Gasteiger partial charge in [0, 0.05) is 6.20 Å². The van der Waals surface area contributed by atoms with Gasteiger partial charge in [-0.3, -0.25) is 5.43 Å². The van der Waals surface area contributed by atoms with Crippen molar-refractivity contribution in [1.29, 1.82) is 5.26 Å². The summed E-state index contributed by atoms with van der Waals surface area (Å²) in [5.41, 5.74) is 1.40. The highest BCUT2D eigenvalue weighted by atomic mass is 19.4. The van der Waals surface area contributed by atoms with E-state index in [1.807, 2.05) is 0 Å². The molecule has 0 aliphatic heterocycles. The molecule has 0 bridgehead atoms. The van der Waals surface area contributed by atoms with Crippen LogP contribution in [0.15, 0.2) is 30.5 Å². The van der Waals surface area contributed by atoms with Crippen molar-refractivity contribution in [2.45, 2.75) is 6.18 Å². The van der Waals surface area contributed by atoms with Crippen molar-refractivity contribution in [3.8, 4) is 6.07 Å². The van der Waals surface area contributed by atoms with Gasteiger partial charge >= 0.3 is 6.18 Å². The van der Waals surface area contributed by atoms with Gasteiger partial charge in [-0.1, -0.05) is 0 Å². The lowest BCUT2D eigenvalue weighted by atomic mass is 10.1. The van der Waals surface area contributed by atoms with E-state index in [2.05, 4.69) is 20.7 Å². The fraction of sp³-hybridized carbons (Fsp3) is 0.0833. The molecular formula is C12H9F3N6. The minimum Gasteiger partial charge on any atom is -0.339 e. The highest BCUT2D eigenvalue weighted by Crippen LogP contribution is 2.32. The molecule has 0 aliphatic carbocycles. The molecule has 0 unspecified atom stereocenters. The van der Waals surface area contributed by atoms with Crippen LogP contribution in [0.5, 0.6) is 0 Å². The van der Waals surface area contributed by atoms with Crippen molar-refractivity contribution in [2.24, 2.45) is 5.84 Å². The topological polar surface area (TPSA) is 99.7 Å². The van der Waals surface area contributed by atoms with E-state index in [0.29, 0.717) is 0 Å². The number of alkyl halides is 3. The third-order valence-electron chi connectivity index (χ3n) is 2.51. The molecule has 0 spiro atoms. The van der Waals surface area contributed by atoms with E-state index in [-0.39, 0.29) is 23.0 Å². The predicted molar refractivity (Wildman–Crippen MR) is 69.3 cm³/mol. The lowest BCUT2D eigenvalue weighted by molar-refractivity contribution is -0.137. The first kappa shape index (κ1) is 14.5. The Bertz CT molecular complexity index is 692. The minimum atomic E-state index is -4.50. The van der Waals surface area contributed by atoms with Crippen LogP contribution < -0.4 is 16.6 Å². The molecule has 1 heterocycles. The second-order valence-electron chi connectivity index (χ2n) is 3.90. The summed E-state index contributed by atoms with van der Waals surface area (Å²) in [6.45, 7) is 0. The quantitative estimate of drug-likeness (QED) is 0.593. The van der Waals surface area contributed by atoms with Gasteiger partial charge in [0.2, 0.25) is 5.95 Å². The fourth-order valence-corrected chi connectivity index (χ4v) is 1.56. The molecule has 1 aromatic carbocycles. The largest absolute Gasteiger partial charge is 0.416 e. The molecule has 1 aromatic heterocycles. The molecule has 9 heteroatoms. The maximum absolute atomic E-state index is 12.6. The Morgan fingerprint density at radius 1 is 1.24 bits per heavy atom. The lowest BCUT2D eigenvalue weighted by Gasteiger charge is -2.11. The molecule has 0 radical (unpaired) electrons. The number of anilines is 3. The number of rotatable bonds is 3. The van der Waals surface area contributed by atoms with Crippen molar-refractivity contribution in [3.63, 3.8) is 0 Å². The first-order valence-electron chi connectivity index (χ1n) is 5.62. The van der Waals surface area contributed by atoms with Gasteiger partial charge in [0.25, 0.3) is 0 Å². The zero-order chi connectivity index (χ0) is 15.5. The summed E-state index contributed by atoms with van der Waals surface area (Å²) in [4.78, 5) is 7.73. The maximum Gasteiger partial charge on any atom is 0.416 e. The van der Waals surface area contributed by atoms with Crippen molar-refractivity contribution in [1.82, 2.24) is 9.97 Å². The van der Waals surface area contributed by atoms with Crippen LogP contribution in [0.4, 0.5) is 30.6 Å². The van der Waals surface area contributed by atoms with E-state index in [9.17, 15) is 13.2 Å². The summed E-state index contributed by atoms with van der Waals surface area (Å²) in [6, 6.07) is 6.01. The zero-order valence-electron chi connectivity index (χ0n) is 10.4. The highest BCUT2D eigenvalue weighted by Gasteiger charge is 2.31. The van der Waals surface area contributed by atoms with Crippen molar-refractivity contribution >= 4 is 17.5 Å². The number of benzene rings is 1. The average molecular weight is 294 g/mol. The smallest absolute Gasteiger partial charge is 0.339 e. The second-order valence-corrected chi connectivity index (χ2v) is 3.90. The van der Waals surface area contributed by atoms with Crippen LogP contribution >= 0.6 is 0 Å². The Morgan fingerprint density at radius 3 is 2.62 bits per heavy atom. The molecule has 4 N–H and O–H groups in total. The predicted octanol–water partition coefficient (Wildman–Crippen LogP) is 2.40. The van der Waals surface area contributed by atoms with Gasteiger partial charge in [0.15, 0.2) is 0 Å². The number of nitriles is 1. The first-order chi connectivity index (χ1) is 9.94. The number of hydrogen-bond donors (Lipinski definition) is 3. The summed E-state index contributed by atoms with van der Waals surface area (Å²) in [5.74, 6) is 5.57. The van der Waals surface area contributed by atoms with E-state index in [1.165, 1.54) is 18.3 Å². The number of nitrogens with two attached hydrogens (primary N) is 1. The molecule has 0 amide bonds. The van der Waals surface area contributed by atoms with E-state index in [1.54, 1.807) is 6.07 Å². The molecule has 0 fully saturated rings. The summed E-state index contributed by atoms with van der Waals surface area (Å²) in [7, 11) is 0. The van der Waals surface area contributed by atoms with Crippen LogP contribution in [-0.2, 0) is 6.18 Å². The number of nitrogens with zero attached hydrogens (tertiary/aromatic N) is 3. The molecular weight excluding hydrogens is 285 g/mol. The van der Waals surface area contributed by atoms with Crippen LogP contribution in [0.25, 0.3) is 0 Å². The SMILES string of the molecule is N#Cc1cc(C(F)(F)F)ccc1Nc1ccnc(NN)n1. The molecule has 2 rings (SSSR count). The number of hydrogen-bond acceptors (Lipinski definition) is 6. The Labute approximate surface area is 117 Å². The second kappa shape index (κ2) is 5.64.